The quantitative estimate of drug-likeness (QED) is 0.678. The molecule has 0 fully saturated rings. The van der Waals surface area contributed by atoms with Gasteiger partial charge >= 0.3 is 0 Å². The van der Waals surface area contributed by atoms with Gasteiger partial charge in [0.1, 0.15) is 0 Å². The smallest absolute Gasteiger partial charge is 0.280 e. The lowest BCUT2D eigenvalue weighted by Crippen LogP contribution is -2.26. The highest BCUT2D eigenvalue weighted by Crippen LogP contribution is 2.18. The van der Waals surface area contributed by atoms with E-state index < -0.39 is 34.6 Å². The van der Waals surface area contributed by atoms with Gasteiger partial charge in [-0.05, 0) is 36.4 Å². The number of halogens is 2. The molecular weight excluding hydrogens is 386 g/mol. The molecule has 0 saturated carbocycles. The van der Waals surface area contributed by atoms with Crippen molar-refractivity contribution in [2.24, 2.45) is 5.73 Å². The number of anilines is 1. The van der Waals surface area contributed by atoms with Gasteiger partial charge < -0.3 is 15.8 Å². The Kier molecular flexibility index (Phi) is 5.35. The molecule has 2 aromatic carbocycles. The van der Waals surface area contributed by atoms with Crippen molar-refractivity contribution in [2.75, 3.05) is 12.4 Å². The molecule has 3 N–H and O–H groups in total. The number of hydrogen-bond donors (Lipinski definition) is 2. The van der Waals surface area contributed by atoms with Gasteiger partial charge in [-0.1, -0.05) is 0 Å². The SMILES string of the molecule is COc1cc(=O)c(C(=O)Nc2ccc(C(N)=O)cc2)nn1-c1ccc(F)c(F)c1. The molecule has 29 heavy (non-hydrogen) atoms. The summed E-state index contributed by atoms with van der Waals surface area (Å²) in [5, 5.41) is 6.39. The van der Waals surface area contributed by atoms with Gasteiger partial charge in [-0.3, -0.25) is 14.4 Å². The van der Waals surface area contributed by atoms with Crippen LogP contribution in [0.3, 0.4) is 0 Å². The lowest BCUT2D eigenvalue weighted by atomic mass is 10.2. The Morgan fingerprint density at radius 1 is 1.07 bits per heavy atom. The zero-order valence-electron chi connectivity index (χ0n) is 15.0. The molecule has 0 bridgehead atoms. The third-order valence-corrected chi connectivity index (χ3v) is 3.90. The van der Waals surface area contributed by atoms with Gasteiger partial charge in [-0.15, -0.1) is 0 Å². The second-order valence-corrected chi connectivity index (χ2v) is 5.81. The van der Waals surface area contributed by atoms with Crippen LogP contribution >= 0.6 is 0 Å². The molecule has 148 valence electrons. The second kappa shape index (κ2) is 7.89. The number of methoxy groups -OCH3 is 1. The summed E-state index contributed by atoms with van der Waals surface area (Å²) >= 11 is 0. The summed E-state index contributed by atoms with van der Waals surface area (Å²) in [4.78, 5) is 35.9. The van der Waals surface area contributed by atoms with Crippen LogP contribution in [0.5, 0.6) is 5.88 Å². The van der Waals surface area contributed by atoms with Crippen LogP contribution in [0.25, 0.3) is 5.69 Å². The van der Waals surface area contributed by atoms with E-state index in [9.17, 15) is 23.2 Å². The highest BCUT2D eigenvalue weighted by molar-refractivity contribution is 6.03. The van der Waals surface area contributed by atoms with Gasteiger partial charge in [-0.25, -0.2) is 13.5 Å². The maximum absolute atomic E-state index is 13.6. The van der Waals surface area contributed by atoms with Gasteiger partial charge in [-0.2, -0.15) is 5.10 Å². The van der Waals surface area contributed by atoms with Crippen molar-refractivity contribution in [3.63, 3.8) is 0 Å². The van der Waals surface area contributed by atoms with Crippen LogP contribution in [0.2, 0.25) is 0 Å². The number of carbonyl (C=O) groups is 2. The first-order valence-electron chi connectivity index (χ1n) is 8.15. The summed E-state index contributed by atoms with van der Waals surface area (Å²) in [6, 6.07) is 9.59. The van der Waals surface area contributed by atoms with Crippen molar-refractivity contribution in [3.05, 3.63) is 81.6 Å². The van der Waals surface area contributed by atoms with Gasteiger partial charge in [0.15, 0.2) is 17.3 Å². The Bertz CT molecular complexity index is 1160. The van der Waals surface area contributed by atoms with E-state index in [1.807, 2.05) is 0 Å². The second-order valence-electron chi connectivity index (χ2n) is 5.81. The molecule has 8 nitrogen and oxygen atoms in total. The molecule has 3 aromatic rings. The number of ether oxygens (including phenoxy) is 1. The predicted octanol–water partition coefficient (Wildman–Crippen LogP) is 1.87. The van der Waals surface area contributed by atoms with E-state index in [-0.39, 0.29) is 22.8 Å². The van der Waals surface area contributed by atoms with Crippen LogP contribution in [0.15, 0.2) is 53.3 Å². The number of nitrogens with one attached hydrogen (secondary N) is 1. The van der Waals surface area contributed by atoms with Crippen LogP contribution in [0, 0.1) is 11.6 Å². The highest BCUT2D eigenvalue weighted by Gasteiger charge is 2.18. The van der Waals surface area contributed by atoms with E-state index in [0.717, 1.165) is 22.9 Å². The first-order chi connectivity index (χ1) is 13.8. The minimum Gasteiger partial charge on any atom is -0.481 e. The minimum absolute atomic E-state index is 0.0422. The predicted molar refractivity (Wildman–Crippen MR) is 99.2 cm³/mol. The normalized spacial score (nSPS) is 10.4. The van der Waals surface area contributed by atoms with E-state index in [4.69, 9.17) is 10.5 Å². The fourth-order valence-electron chi connectivity index (χ4n) is 2.45. The Hall–Kier alpha value is -4.08. The summed E-state index contributed by atoms with van der Waals surface area (Å²) in [6.07, 6.45) is 0. The summed E-state index contributed by atoms with van der Waals surface area (Å²) in [6.45, 7) is 0. The average molecular weight is 400 g/mol. The summed E-state index contributed by atoms with van der Waals surface area (Å²) < 4.78 is 32.8. The van der Waals surface area contributed by atoms with E-state index in [0.29, 0.717) is 0 Å². The molecule has 10 heteroatoms. The van der Waals surface area contributed by atoms with Crippen LogP contribution in [-0.4, -0.2) is 28.7 Å². The standard InChI is InChI=1S/C19H14F2N4O4/c1-29-16-9-15(26)17(24-25(16)12-6-7-13(20)14(21)8-12)19(28)23-11-4-2-10(3-5-11)18(22)27/h2-9H,1H3,(H2,22,27)(H,23,28). The van der Waals surface area contributed by atoms with Gasteiger partial charge in [0.05, 0.1) is 18.9 Å². The third-order valence-electron chi connectivity index (χ3n) is 3.90. The largest absolute Gasteiger partial charge is 0.481 e. The number of aromatic nitrogens is 2. The first-order valence-corrected chi connectivity index (χ1v) is 8.15. The Morgan fingerprint density at radius 2 is 1.76 bits per heavy atom. The maximum Gasteiger partial charge on any atom is 0.280 e. The third kappa shape index (κ3) is 4.10. The van der Waals surface area contributed by atoms with E-state index in [2.05, 4.69) is 10.4 Å². The zero-order valence-corrected chi connectivity index (χ0v) is 15.0. The number of carbonyl (C=O) groups excluding carboxylic acids is 2. The zero-order chi connectivity index (χ0) is 21.1. The molecule has 0 saturated heterocycles. The molecule has 1 heterocycles. The van der Waals surface area contributed by atoms with E-state index in [1.165, 1.54) is 37.4 Å². The van der Waals surface area contributed by atoms with E-state index >= 15 is 0 Å². The topological polar surface area (TPSA) is 116 Å². The van der Waals surface area contributed by atoms with Crippen molar-refractivity contribution in [3.8, 4) is 11.6 Å². The molecule has 3 rings (SSSR count). The molecule has 1 aromatic heterocycles. The van der Waals surface area contributed by atoms with Crippen LogP contribution in [0.4, 0.5) is 14.5 Å². The van der Waals surface area contributed by atoms with Crippen molar-refractivity contribution in [1.82, 2.24) is 9.78 Å². The lowest BCUT2D eigenvalue weighted by molar-refractivity contribution is 0.0997. The first kappa shape index (κ1) is 19.7. The minimum atomic E-state index is -1.13. The van der Waals surface area contributed by atoms with Crippen molar-refractivity contribution >= 4 is 17.5 Å². The Balaban J connectivity index is 1.98. The van der Waals surface area contributed by atoms with Crippen LogP contribution < -0.4 is 21.2 Å². The molecule has 0 aliphatic heterocycles. The van der Waals surface area contributed by atoms with Crippen molar-refractivity contribution in [1.29, 1.82) is 0 Å². The average Bonchev–Trinajstić information content (AvgIpc) is 2.70. The van der Waals surface area contributed by atoms with Crippen LogP contribution in [-0.2, 0) is 0 Å². The number of nitrogens with zero attached hydrogens (tertiary/aromatic N) is 2. The number of amides is 2. The summed E-state index contributed by atoms with van der Waals surface area (Å²) in [5.74, 6) is -3.75. The molecule has 0 aliphatic carbocycles. The van der Waals surface area contributed by atoms with Crippen molar-refractivity contribution < 1.29 is 23.1 Å². The Labute approximate surface area is 162 Å². The molecule has 0 aliphatic rings. The van der Waals surface area contributed by atoms with Gasteiger partial charge in [0.2, 0.25) is 17.2 Å². The van der Waals surface area contributed by atoms with Crippen LogP contribution in [0.1, 0.15) is 20.8 Å². The Morgan fingerprint density at radius 3 is 2.34 bits per heavy atom. The maximum atomic E-state index is 13.6. The number of rotatable bonds is 5. The number of benzene rings is 2. The fraction of sp³-hybridized carbons (Fsp3) is 0.0526. The lowest BCUT2D eigenvalue weighted by Gasteiger charge is -2.13. The molecule has 0 unspecified atom stereocenters. The molecule has 0 spiro atoms. The summed E-state index contributed by atoms with van der Waals surface area (Å²) in [5.41, 5.74) is 4.48. The molecule has 0 radical (unpaired) electrons. The number of hydrogen-bond acceptors (Lipinski definition) is 5. The number of primary amides is 1. The van der Waals surface area contributed by atoms with E-state index in [1.54, 1.807) is 0 Å². The molecular formula is C19H14F2N4O4. The highest BCUT2D eigenvalue weighted by atomic mass is 19.2. The molecule has 2 amide bonds. The van der Waals surface area contributed by atoms with Gasteiger partial charge in [0.25, 0.3) is 5.91 Å². The van der Waals surface area contributed by atoms with Gasteiger partial charge in [0, 0.05) is 17.3 Å². The van der Waals surface area contributed by atoms with Crippen molar-refractivity contribution in [2.45, 2.75) is 0 Å². The number of nitrogens with two attached hydrogens (primary N) is 1. The monoisotopic (exact) mass is 400 g/mol. The summed E-state index contributed by atoms with van der Waals surface area (Å²) in [7, 11) is 1.26. The fourth-order valence-corrected chi connectivity index (χ4v) is 2.45. The molecule has 0 atom stereocenters.